The minimum atomic E-state index is -0.628. The van der Waals surface area contributed by atoms with Crippen LogP contribution in [0.4, 0.5) is 4.39 Å². The van der Waals surface area contributed by atoms with E-state index in [1.54, 1.807) is 68.4 Å². The second-order valence-corrected chi connectivity index (χ2v) is 10.6. The van der Waals surface area contributed by atoms with Gasteiger partial charge in [-0.05, 0) is 84.6 Å². The van der Waals surface area contributed by atoms with Crippen molar-refractivity contribution < 1.29 is 28.2 Å². The van der Waals surface area contributed by atoms with E-state index in [0.717, 1.165) is 9.13 Å². The highest BCUT2D eigenvalue weighted by atomic mass is 127. The molecule has 1 aliphatic heterocycles. The van der Waals surface area contributed by atoms with Crippen molar-refractivity contribution in [2.75, 3.05) is 13.2 Å². The van der Waals surface area contributed by atoms with Gasteiger partial charge < -0.3 is 24.8 Å². The van der Waals surface area contributed by atoms with Gasteiger partial charge in [-0.1, -0.05) is 36.4 Å². The minimum Gasteiger partial charge on any atom is -0.488 e. The van der Waals surface area contributed by atoms with E-state index >= 15 is 0 Å². The number of esters is 1. The molecule has 3 aromatic rings. The maximum atomic E-state index is 13.8. The number of amides is 1. The Balaban J connectivity index is 1.35. The number of para-hydroxylation sites is 1. The summed E-state index contributed by atoms with van der Waals surface area (Å²) in [6.45, 7) is 3.49. The highest BCUT2D eigenvalue weighted by Crippen LogP contribution is 2.33. The summed E-state index contributed by atoms with van der Waals surface area (Å²) in [6.07, 6.45) is 1.49. The Labute approximate surface area is 261 Å². The second-order valence-electron chi connectivity index (χ2n) is 8.98. The third-order valence-electron chi connectivity index (χ3n) is 6.05. The molecular formula is C30H28FIN4O5S. The molecule has 3 aromatic carbocycles. The number of ether oxygens (including phenoxy) is 3. The Morgan fingerprint density at radius 3 is 2.62 bits per heavy atom. The largest absolute Gasteiger partial charge is 0.488 e. The summed E-state index contributed by atoms with van der Waals surface area (Å²) in [4.78, 5) is 25.2. The lowest BCUT2D eigenvalue weighted by atomic mass is 9.95. The van der Waals surface area contributed by atoms with Crippen LogP contribution >= 0.6 is 34.8 Å². The van der Waals surface area contributed by atoms with Crippen LogP contribution in [0, 0.1) is 9.39 Å². The molecule has 42 heavy (non-hydrogen) atoms. The van der Waals surface area contributed by atoms with E-state index in [1.807, 2.05) is 6.07 Å². The number of allylic oxidation sites excluding steroid dienone is 1. The molecule has 1 amide bonds. The Morgan fingerprint density at radius 2 is 1.86 bits per heavy atom. The van der Waals surface area contributed by atoms with Gasteiger partial charge in [-0.2, -0.15) is 5.10 Å². The molecule has 0 unspecified atom stereocenters. The molecule has 0 spiro atoms. The highest BCUT2D eigenvalue weighted by Gasteiger charge is 2.32. The number of hydrogen-bond acceptors (Lipinski definition) is 7. The number of thiocarbonyl (C=S) groups is 1. The van der Waals surface area contributed by atoms with Crippen LogP contribution in [0.2, 0.25) is 0 Å². The molecule has 0 fully saturated rings. The van der Waals surface area contributed by atoms with Crippen LogP contribution in [0.25, 0.3) is 0 Å². The molecule has 1 atom stereocenters. The van der Waals surface area contributed by atoms with Gasteiger partial charge in [0.1, 0.15) is 23.9 Å². The molecule has 1 heterocycles. The van der Waals surface area contributed by atoms with Gasteiger partial charge in [0.25, 0.3) is 5.91 Å². The summed E-state index contributed by atoms with van der Waals surface area (Å²) in [6, 6.07) is 18.2. The Bertz CT molecular complexity index is 1550. The Morgan fingerprint density at radius 1 is 1.10 bits per heavy atom. The van der Waals surface area contributed by atoms with Crippen LogP contribution in [-0.2, 0) is 20.9 Å². The predicted octanol–water partition coefficient (Wildman–Crippen LogP) is 4.89. The number of nitrogens with one attached hydrogen (secondary N) is 3. The molecular weight excluding hydrogens is 674 g/mol. The van der Waals surface area contributed by atoms with Gasteiger partial charge in [0.15, 0.2) is 11.7 Å². The van der Waals surface area contributed by atoms with E-state index in [0.29, 0.717) is 39.0 Å². The zero-order valence-corrected chi connectivity index (χ0v) is 25.8. The van der Waals surface area contributed by atoms with Crippen molar-refractivity contribution in [2.45, 2.75) is 26.5 Å². The average molecular weight is 703 g/mol. The average Bonchev–Trinajstić information content (AvgIpc) is 2.96. The number of hydrazone groups is 1. The number of carbonyl (C=O) groups is 2. The molecule has 3 N–H and O–H groups in total. The third-order valence-corrected chi connectivity index (χ3v) is 7.12. The number of rotatable bonds is 11. The molecule has 1 aliphatic rings. The SMILES string of the molecule is CCOC(=O)C1=C(C)NC(=S)N[C@@H]1c1ccccc1OCC(=O)NN=Cc1ccc(OCc2ccccc2F)c(I)c1. The maximum absolute atomic E-state index is 13.8. The standard InChI is InChI=1S/C30H28FIN4O5S/c1-3-39-29(38)27-18(2)34-30(42)35-28(27)21-9-5-7-11-24(21)41-17-26(37)36-33-15-19-12-13-25(23(32)14-19)40-16-20-8-4-6-10-22(20)31/h4-15,28H,3,16-17H2,1-2H3,(H,36,37)(H2,34,35,42)/t28-/m1/s1. The van der Waals surface area contributed by atoms with Gasteiger partial charge >= 0.3 is 5.97 Å². The first kappa shape index (κ1) is 30.9. The van der Waals surface area contributed by atoms with Crippen LogP contribution in [0.5, 0.6) is 11.5 Å². The van der Waals surface area contributed by atoms with Gasteiger partial charge in [-0.25, -0.2) is 14.6 Å². The number of benzene rings is 3. The molecule has 12 heteroatoms. The number of halogens is 2. The van der Waals surface area contributed by atoms with Gasteiger partial charge in [-0.15, -0.1) is 0 Å². The maximum Gasteiger partial charge on any atom is 0.338 e. The first-order chi connectivity index (χ1) is 20.3. The summed E-state index contributed by atoms with van der Waals surface area (Å²) < 4.78 is 31.5. The highest BCUT2D eigenvalue weighted by molar-refractivity contribution is 14.1. The van der Waals surface area contributed by atoms with E-state index in [4.69, 9.17) is 26.4 Å². The van der Waals surface area contributed by atoms with E-state index in [-0.39, 0.29) is 25.6 Å². The van der Waals surface area contributed by atoms with Crippen molar-refractivity contribution in [2.24, 2.45) is 5.10 Å². The fourth-order valence-corrected chi connectivity index (χ4v) is 5.06. The lowest BCUT2D eigenvalue weighted by Crippen LogP contribution is -2.45. The molecule has 0 bridgehead atoms. The molecule has 0 aliphatic carbocycles. The van der Waals surface area contributed by atoms with Crippen LogP contribution in [0.15, 0.2) is 83.1 Å². The fraction of sp³-hybridized carbons (Fsp3) is 0.200. The fourth-order valence-electron chi connectivity index (χ4n) is 4.10. The number of nitrogens with zero attached hydrogens (tertiary/aromatic N) is 1. The lowest BCUT2D eigenvalue weighted by molar-refractivity contribution is -0.139. The number of hydrogen-bond donors (Lipinski definition) is 3. The predicted molar refractivity (Wildman–Crippen MR) is 169 cm³/mol. The van der Waals surface area contributed by atoms with E-state index in [9.17, 15) is 14.0 Å². The van der Waals surface area contributed by atoms with Crippen molar-refractivity contribution in [1.82, 2.24) is 16.1 Å². The van der Waals surface area contributed by atoms with Crippen molar-refractivity contribution in [3.05, 3.63) is 104 Å². The first-order valence-corrected chi connectivity index (χ1v) is 14.4. The molecule has 0 radical (unpaired) electrons. The first-order valence-electron chi connectivity index (χ1n) is 12.9. The van der Waals surface area contributed by atoms with Gasteiger partial charge in [0.05, 0.1) is 28.0 Å². The van der Waals surface area contributed by atoms with Crippen molar-refractivity contribution >= 4 is 58.0 Å². The molecule has 9 nitrogen and oxygen atoms in total. The van der Waals surface area contributed by atoms with Crippen molar-refractivity contribution in [1.29, 1.82) is 0 Å². The van der Waals surface area contributed by atoms with Gasteiger partial charge in [0, 0.05) is 16.8 Å². The van der Waals surface area contributed by atoms with Crippen molar-refractivity contribution in [3.63, 3.8) is 0 Å². The van der Waals surface area contributed by atoms with Crippen molar-refractivity contribution in [3.8, 4) is 11.5 Å². The van der Waals surface area contributed by atoms with E-state index in [2.05, 4.69) is 43.8 Å². The third kappa shape index (κ3) is 8.03. The summed E-state index contributed by atoms with van der Waals surface area (Å²) in [5.41, 5.74) is 5.20. The summed E-state index contributed by atoms with van der Waals surface area (Å²) in [5.74, 6) is -0.281. The summed E-state index contributed by atoms with van der Waals surface area (Å²) >= 11 is 7.42. The second kappa shape index (κ2) is 14.7. The quantitative estimate of drug-likeness (QED) is 0.0853. The molecule has 0 saturated heterocycles. The Kier molecular flexibility index (Phi) is 10.8. The smallest absolute Gasteiger partial charge is 0.338 e. The molecule has 0 aromatic heterocycles. The zero-order chi connectivity index (χ0) is 30.1. The minimum absolute atomic E-state index is 0.107. The lowest BCUT2D eigenvalue weighted by Gasteiger charge is -2.30. The number of carbonyl (C=O) groups excluding carboxylic acids is 2. The molecule has 218 valence electrons. The van der Waals surface area contributed by atoms with Gasteiger partial charge in [0.2, 0.25) is 0 Å². The van der Waals surface area contributed by atoms with Crippen LogP contribution in [0.1, 0.15) is 36.6 Å². The van der Waals surface area contributed by atoms with Crippen LogP contribution in [-0.4, -0.2) is 36.4 Å². The molecule has 0 saturated carbocycles. The van der Waals surface area contributed by atoms with E-state index in [1.165, 1.54) is 12.3 Å². The monoisotopic (exact) mass is 702 g/mol. The summed E-state index contributed by atoms with van der Waals surface area (Å²) in [5, 5.41) is 10.4. The van der Waals surface area contributed by atoms with Gasteiger partial charge in [-0.3, -0.25) is 4.79 Å². The normalized spacial score (nSPS) is 14.7. The van der Waals surface area contributed by atoms with Crippen LogP contribution < -0.4 is 25.5 Å². The summed E-state index contributed by atoms with van der Waals surface area (Å²) in [7, 11) is 0. The topological polar surface area (TPSA) is 110 Å². The Hall–Kier alpha value is -4.04. The van der Waals surface area contributed by atoms with E-state index < -0.39 is 17.9 Å². The zero-order valence-electron chi connectivity index (χ0n) is 22.8. The molecule has 4 rings (SSSR count). The van der Waals surface area contributed by atoms with Crippen LogP contribution in [0.3, 0.4) is 0 Å².